The smallest absolute Gasteiger partial charge is 0.256 e. The predicted octanol–water partition coefficient (Wildman–Crippen LogP) is 1.08. The number of amides is 1. The van der Waals surface area contributed by atoms with Crippen molar-refractivity contribution in [2.24, 2.45) is 7.05 Å². The molecule has 0 aliphatic heterocycles. The lowest BCUT2D eigenvalue weighted by atomic mass is 10.2. The third-order valence-electron chi connectivity index (χ3n) is 4.03. The summed E-state index contributed by atoms with van der Waals surface area (Å²) in [5.41, 5.74) is 2.20. The molecule has 4 aromatic heterocycles. The van der Waals surface area contributed by atoms with Crippen LogP contribution in [0.1, 0.15) is 22.6 Å². The van der Waals surface area contributed by atoms with E-state index < -0.39 is 0 Å². The highest BCUT2D eigenvalue weighted by Gasteiger charge is 2.14. The zero-order chi connectivity index (χ0) is 16.5. The highest BCUT2D eigenvalue weighted by molar-refractivity contribution is 5.99. The van der Waals surface area contributed by atoms with E-state index in [1.807, 2.05) is 52.8 Å². The van der Waals surface area contributed by atoms with Gasteiger partial charge in [0.1, 0.15) is 17.0 Å². The Bertz CT molecular complexity index is 1010. The van der Waals surface area contributed by atoms with E-state index in [1.54, 1.807) is 10.7 Å². The fraction of sp³-hybridized carbons (Fsp3) is 0.250. The molecule has 4 aromatic rings. The molecule has 0 unspecified atom stereocenters. The molecule has 122 valence electrons. The molecule has 0 spiro atoms. The average molecular weight is 323 g/mol. The van der Waals surface area contributed by atoms with Crippen LogP contribution in [0.3, 0.4) is 0 Å². The summed E-state index contributed by atoms with van der Waals surface area (Å²) in [6.45, 7) is 0.572. The summed E-state index contributed by atoms with van der Waals surface area (Å²) in [5.74, 6) is 0.785. The van der Waals surface area contributed by atoms with Crippen molar-refractivity contribution in [3.8, 4) is 0 Å². The largest absolute Gasteiger partial charge is 0.352 e. The number of rotatable bonds is 5. The molecule has 0 radical (unpaired) electrons. The molecule has 8 heteroatoms. The summed E-state index contributed by atoms with van der Waals surface area (Å²) in [6.07, 6.45) is 8.77. The van der Waals surface area contributed by atoms with E-state index in [4.69, 9.17) is 0 Å². The normalized spacial score (nSPS) is 11.4. The highest BCUT2D eigenvalue weighted by Crippen LogP contribution is 2.10. The number of nitrogens with one attached hydrogen (secondary N) is 1. The van der Waals surface area contributed by atoms with Gasteiger partial charge in [-0.3, -0.25) is 9.20 Å². The van der Waals surface area contributed by atoms with Crippen molar-refractivity contribution >= 4 is 17.2 Å². The van der Waals surface area contributed by atoms with Gasteiger partial charge in [0.25, 0.3) is 5.91 Å². The van der Waals surface area contributed by atoms with E-state index in [9.17, 15) is 4.79 Å². The SMILES string of the molecule is Cn1ccn2ncc(C(=O)NCCCc3nnc4ccccn34)c12. The van der Waals surface area contributed by atoms with Gasteiger partial charge in [0, 0.05) is 38.6 Å². The molecule has 0 bridgehead atoms. The number of pyridine rings is 1. The van der Waals surface area contributed by atoms with E-state index in [0.717, 1.165) is 30.0 Å². The molecular weight excluding hydrogens is 306 g/mol. The van der Waals surface area contributed by atoms with Crippen molar-refractivity contribution in [3.05, 3.63) is 54.4 Å². The molecule has 8 nitrogen and oxygen atoms in total. The minimum atomic E-state index is -0.113. The zero-order valence-corrected chi connectivity index (χ0v) is 13.3. The summed E-state index contributed by atoms with van der Waals surface area (Å²) >= 11 is 0. The second-order valence-electron chi connectivity index (χ2n) is 5.64. The summed E-state index contributed by atoms with van der Waals surface area (Å²) in [6, 6.07) is 5.81. The highest BCUT2D eigenvalue weighted by atomic mass is 16.1. The lowest BCUT2D eigenvalue weighted by molar-refractivity contribution is 0.0954. The van der Waals surface area contributed by atoms with Crippen molar-refractivity contribution in [1.82, 2.24) is 34.1 Å². The van der Waals surface area contributed by atoms with Gasteiger partial charge in [0.05, 0.1) is 6.20 Å². The third kappa shape index (κ3) is 2.41. The minimum absolute atomic E-state index is 0.113. The first kappa shape index (κ1) is 14.4. The number of aromatic nitrogens is 6. The van der Waals surface area contributed by atoms with E-state index in [-0.39, 0.29) is 5.91 Å². The average Bonchev–Trinajstić information content (AvgIpc) is 3.28. The van der Waals surface area contributed by atoms with E-state index in [2.05, 4.69) is 20.6 Å². The van der Waals surface area contributed by atoms with Gasteiger partial charge < -0.3 is 9.88 Å². The lowest BCUT2D eigenvalue weighted by Crippen LogP contribution is -2.25. The molecule has 0 atom stereocenters. The summed E-state index contributed by atoms with van der Waals surface area (Å²) < 4.78 is 5.54. The van der Waals surface area contributed by atoms with Crippen LogP contribution in [-0.4, -0.2) is 41.2 Å². The Morgan fingerprint density at radius 3 is 3.04 bits per heavy atom. The van der Waals surface area contributed by atoms with Gasteiger partial charge in [0.2, 0.25) is 0 Å². The maximum absolute atomic E-state index is 12.3. The molecule has 0 aliphatic carbocycles. The summed E-state index contributed by atoms with van der Waals surface area (Å²) in [5, 5.41) is 15.4. The van der Waals surface area contributed by atoms with Gasteiger partial charge in [0.15, 0.2) is 5.65 Å². The number of hydrogen-bond acceptors (Lipinski definition) is 4. The molecule has 0 fully saturated rings. The van der Waals surface area contributed by atoms with Crippen molar-refractivity contribution in [3.63, 3.8) is 0 Å². The van der Waals surface area contributed by atoms with Crippen LogP contribution in [0.25, 0.3) is 11.3 Å². The number of fused-ring (bicyclic) bond motifs is 2. The van der Waals surface area contributed by atoms with Gasteiger partial charge in [-0.15, -0.1) is 10.2 Å². The predicted molar refractivity (Wildman–Crippen MR) is 87.8 cm³/mol. The molecular formula is C16H17N7O. The third-order valence-corrected chi connectivity index (χ3v) is 4.03. The first-order chi connectivity index (χ1) is 11.7. The Balaban J connectivity index is 1.37. The Morgan fingerprint density at radius 1 is 1.21 bits per heavy atom. The van der Waals surface area contributed by atoms with E-state index in [0.29, 0.717) is 12.1 Å². The van der Waals surface area contributed by atoms with Crippen molar-refractivity contribution in [2.75, 3.05) is 6.54 Å². The van der Waals surface area contributed by atoms with Gasteiger partial charge in [-0.2, -0.15) is 5.10 Å². The standard InChI is InChI=1S/C16H17N7O/c1-21-9-10-23-16(21)12(11-18-23)15(24)17-7-4-6-14-20-19-13-5-2-3-8-22(13)14/h2-3,5,8-11H,4,6-7H2,1H3,(H,17,24). The molecule has 4 heterocycles. The molecule has 4 rings (SSSR count). The molecule has 1 amide bonds. The Morgan fingerprint density at radius 2 is 2.12 bits per heavy atom. The second kappa shape index (κ2) is 5.80. The van der Waals surface area contributed by atoms with Crippen LogP contribution in [0.15, 0.2) is 43.0 Å². The van der Waals surface area contributed by atoms with Crippen molar-refractivity contribution in [1.29, 1.82) is 0 Å². The fourth-order valence-corrected chi connectivity index (χ4v) is 2.82. The number of imidazole rings is 1. The molecule has 0 aromatic carbocycles. The fourth-order valence-electron chi connectivity index (χ4n) is 2.82. The first-order valence-corrected chi connectivity index (χ1v) is 7.79. The molecule has 24 heavy (non-hydrogen) atoms. The monoisotopic (exact) mass is 323 g/mol. The van der Waals surface area contributed by atoms with Crippen LogP contribution >= 0.6 is 0 Å². The van der Waals surface area contributed by atoms with Gasteiger partial charge in [-0.1, -0.05) is 6.07 Å². The zero-order valence-electron chi connectivity index (χ0n) is 13.3. The first-order valence-electron chi connectivity index (χ1n) is 7.79. The minimum Gasteiger partial charge on any atom is -0.352 e. The molecule has 1 N–H and O–H groups in total. The van der Waals surface area contributed by atoms with Crippen molar-refractivity contribution < 1.29 is 4.79 Å². The number of hydrogen-bond donors (Lipinski definition) is 1. The van der Waals surface area contributed by atoms with Crippen LogP contribution < -0.4 is 5.32 Å². The maximum Gasteiger partial charge on any atom is 0.256 e. The number of carbonyl (C=O) groups excluding carboxylic acids is 1. The van der Waals surface area contributed by atoms with Crippen LogP contribution in [0.2, 0.25) is 0 Å². The molecule has 0 saturated heterocycles. The number of carbonyl (C=O) groups is 1. The summed E-state index contributed by atoms with van der Waals surface area (Å²) in [7, 11) is 1.89. The number of aryl methyl sites for hydroxylation is 2. The lowest BCUT2D eigenvalue weighted by Gasteiger charge is -2.04. The maximum atomic E-state index is 12.3. The quantitative estimate of drug-likeness (QED) is 0.557. The van der Waals surface area contributed by atoms with E-state index in [1.165, 1.54) is 0 Å². The van der Waals surface area contributed by atoms with Crippen LogP contribution in [0, 0.1) is 0 Å². The molecule has 0 saturated carbocycles. The second-order valence-corrected chi connectivity index (χ2v) is 5.64. The Labute approximate surface area is 137 Å². The topological polar surface area (TPSA) is 81.5 Å². The van der Waals surface area contributed by atoms with Gasteiger partial charge >= 0.3 is 0 Å². The van der Waals surface area contributed by atoms with Crippen molar-refractivity contribution in [2.45, 2.75) is 12.8 Å². The molecule has 0 aliphatic rings. The van der Waals surface area contributed by atoms with Crippen LogP contribution in [0.5, 0.6) is 0 Å². The number of nitrogens with zero attached hydrogens (tertiary/aromatic N) is 6. The van der Waals surface area contributed by atoms with Gasteiger partial charge in [-0.05, 0) is 18.6 Å². The summed E-state index contributed by atoms with van der Waals surface area (Å²) in [4.78, 5) is 12.3. The van der Waals surface area contributed by atoms with Gasteiger partial charge in [-0.25, -0.2) is 4.52 Å². The van der Waals surface area contributed by atoms with E-state index >= 15 is 0 Å². The van der Waals surface area contributed by atoms with Crippen LogP contribution in [-0.2, 0) is 13.5 Å². The van der Waals surface area contributed by atoms with Crippen LogP contribution in [0.4, 0.5) is 0 Å². The Hall–Kier alpha value is -3.16. The Kier molecular flexibility index (Phi) is 3.49.